The van der Waals surface area contributed by atoms with E-state index >= 15 is 0 Å². The zero-order valence-electron chi connectivity index (χ0n) is 12.2. The van der Waals surface area contributed by atoms with Crippen molar-refractivity contribution in [3.63, 3.8) is 0 Å². The van der Waals surface area contributed by atoms with E-state index in [9.17, 15) is 4.79 Å². The van der Waals surface area contributed by atoms with Crippen LogP contribution >= 0.6 is 0 Å². The van der Waals surface area contributed by atoms with Crippen LogP contribution in [-0.2, 0) is 4.79 Å². The molecule has 1 fully saturated rings. The number of rotatable bonds is 6. The normalized spacial score (nSPS) is 18.6. The third-order valence-electron chi connectivity index (χ3n) is 3.64. The van der Waals surface area contributed by atoms with Gasteiger partial charge in [-0.2, -0.15) is 0 Å². The molecule has 0 aliphatic carbocycles. The fourth-order valence-corrected chi connectivity index (χ4v) is 2.57. The first kappa shape index (κ1) is 14.9. The van der Waals surface area contributed by atoms with Crippen molar-refractivity contribution in [3.8, 4) is 5.75 Å². The third-order valence-corrected chi connectivity index (χ3v) is 3.64. The molecule has 1 aliphatic rings. The molecule has 110 valence electrons. The standard InChI is InChI=1S/C16H24N2O2/c1-2-20-15-8-4-3-7-14(15)18-16(19)10-9-13-6-5-11-17-12-13/h3-4,7-8,13,17H,2,5-6,9-12H2,1H3,(H,18,19). The van der Waals surface area contributed by atoms with Gasteiger partial charge in [0.25, 0.3) is 0 Å². The predicted octanol–water partition coefficient (Wildman–Crippen LogP) is 2.80. The van der Waals surface area contributed by atoms with Gasteiger partial charge >= 0.3 is 0 Å². The number of amides is 1. The average molecular weight is 276 g/mol. The largest absolute Gasteiger partial charge is 0.492 e. The third kappa shape index (κ3) is 4.53. The Morgan fingerprint density at radius 1 is 1.45 bits per heavy atom. The number of hydrogen-bond acceptors (Lipinski definition) is 3. The number of benzene rings is 1. The molecule has 0 saturated carbocycles. The zero-order valence-corrected chi connectivity index (χ0v) is 12.2. The van der Waals surface area contributed by atoms with Crippen molar-refractivity contribution in [1.82, 2.24) is 5.32 Å². The van der Waals surface area contributed by atoms with Gasteiger partial charge in [0.1, 0.15) is 5.75 Å². The highest BCUT2D eigenvalue weighted by Crippen LogP contribution is 2.24. The minimum Gasteiger partial charge on any atom is -0.492 e. The Labute approximate surface area is 120 Å². The molecule has 0 bridgehead atoms. The molecular formula is C16H24N2O2. The smallest absolute Gasteiger partial charge is 0.224 e. The van der Waals surface area contributed by atoms with E-state index in [4.69, 9.17) is 4.74 Å². The van der Waals surface area contributed by atoms with Crippen LogP contribution in [0.25, 0.3) is 0 Å². The Hall–Kier alpha value is -1.55. The lowest BCUT2D eigenvalue weighted by Crippen LogP contribution is -2.30. The number of carbonyl (C=O) groups excluding carboxylic acids is 1. The van der Waals surface area contributed by atoms with Crippen LogP contribution in [0.2, 0.25) is 0 Å². The molecule has 2 N–H and O–H groups in total. The average Bonchev–Trinajstić information content (AvgIpc) is 2.49. The highest BCUT2D eigenvalue weighted by molar-refractivity contribution is 5.92. The molecule has 1 saturated heterocycles. The molecule has 4 nitrogen and oxygen atoms in total. The Bertz CT molecular complexity index is 428. The minimum atomic E-state index is 0.0720. The van der Waals surface area contributed by atoms with Crippen molar-refractivity contribution in [1.29, 1.82) is 0 Å². The summed E-state index contributed by atoms with van der Waals surface area (Å²) in [6.45, 7) is 4.70. The van der Waals surface area contributed by atoms with Gasteiger partial charge in [0.05, 0.1) is 12.3 Å². The molecule has 0 radical (unpaired) electrons. The first-order valence-corrected chi connectivity index (χ1v) is 7.52. The molecule has 0 aromatic heterocycles. The number of hydrogen-bond donors (Lipinski definition) is 2. The van der Waals surface area contributed by atoms with E-state index in [2.05, 4.69) is 10.6 Å². The van der Waals surface area contributed by atoms with E-state index in [-0.39, 0.29) is 5.91 Å². The molecule has 1 aromatic rings. The zero-order chi connectivity index (χ0) is 14.2. The van der Waals surface area contributed by atoms with Gasteiger partial charge in [-0.1, -0.05) is 12.1 Å². The van der Waals surface area contributed by atoms with Crippen molar-refractivity contribution in [2.45, 2.75) is 32.6 Å². The summed E-state index contributed by atoms with van der Waals surface area (Å²) in [5.41, 5.74) is 0.765. The highest BCUT2D eigenvalue weighted by Gasteiger charge is 2.15. The summed E-state index contributed by atoms with van der Waals surface area (Å²) in [5.74, 6) is 1.45. The van der Waals surface area contributed by atoms with Gasteiger partial charge in [0.15, 0.2) is 0 Å². The van der Waals surface area contributed by atoms with Gasteiger partial charge in [-0.05, 0) is 57.3 Å². The number of para-hydroxylation sites is 2. The fourth-order valence-electron chi connectivity index (χ4n) is 2.57. The van der Waals surface area contributed by atoms with E-state index < -0.39 is 0 Å². The quantitative estimate of drug-likeness (QED) is 0.840. The van der Waals surface area contributed by atoms with Crippen molar-refractivity contribution in [3.05, 3.63) is 24.3 Å². The summed E-state index contributed by atoms with van der Waals surface area (Å²) >= 11 is 0. The molecule has 1 heterocycles. The van der Waals surface area contributed by atoms with Gasteiger partial charge in [-0.3, -0.25) is 4.79 Å². The van der Waals surface area contributed by atoms with Crippen LogP contribution in [0.15, 0.2) is 24.3 Å². The molecular weight excluding hydrogens is 252 g/mol. The van der Waals surface area contributed by atoms with Gasteiger partial charge in [0, 0.05) is 6.42 Å². The lowest BCUT2D eigenvalue weighted by Gasteiger charge is -2.22. The van der Waals surface area contributed by atoms with Crippen LogP contribution in [0.1, 0.15) is 32.6 Å². The molecule has 20 heavy (non-hydrogen) atoms. The Morgan fingerprint density at radius 2 is 2.30 bits per heavy atom. The first-order chi connectivity index (χ1) is 9.79. The van der Waals surface area contributed by atoms with Crippen LogP contribution in [0.3, 0.4) is 0 Å². The second-order valence-electron chi connectivity index (χ2n) is 5.23. The number of carbonyl (C=O) groups is 1. The summed E-state index contributed by atoms with van der Waals surface area (Å²) in [5, 5.41) is 6.33. The molecule has 1 amide bonds. The summed E-state index contributed by atoms with van der Waals surface area (Å²) < 4.78 is 5.51. The maximum Gasteiger partial charge on any atom is 0.224 e. The monoisotopic (exact) mass is 276 g/mol. The molecule has 1 aromatic carbocycles. The second kappa shape index (κ2) is 7.90. The SMILES string of the molecule is CCOc1ccccc1NC(=O)CCC1CCCNC1. The van der Waals surface area contributed by atoms with E-state index in [1.165, 1.54) is 12.8 Å². The molecule has 1 aliphatic heterocycles. The van der Waals surface area contributed by atoms with E-state index in [0.717, 1.165) is 30.9 Å². The molecule has 1 unspecified atom stereocenters. The Morgan fingerprint density at radius 3 is 3.05 bits per heavy atom. The van der Waals surface area contributed by atoms with Gasteiger partial charge in [0.2, 0.25) is 5.91 Å². The van der Waals surface area contributed by atoms with Crippen LogP contribution in [0.4, 0.5) is 5.69 Å². The minimum absolute atomic E-state index is 0.0720. The number of anilines is 1. The van der Waals surface area contributed by atoms with E-state index in [1.807, 2.05) is 31.2 Å². The number of nitrogens with one attached hydrogen (secondary N) is 2. The number of ether oxygens (including phenoxy) is 1. The number of piperidine rings is 1. The van der Waals surface area contributed by atoms with E-state index in [0.29, 0.717) is 18.9 Å². The summed E-state index contributed by atoms with van der Waals surface area (Å²) in [6, 6.07) is 7.58. The van der Waals surface area contributed by atoms with Crippen molar-refractivity contribution < 1.29 is 9.53 Å². The van der Waals surface area contributed by atoms with Crippen LogP contribution in [0.5, 0.6) is 5.75 Å². The maximum absolute atomic E-state index is 12.0. The van der Waals surface area contributed by atoms with Gasteiger partial charge in [-0.25, -0.2) is 0 Å². The topological polar surface area (TPSA) is 50.4 Å². The van der Waals surface area contributed by atoms with Crippen LogP contribution < -0.4 is 15.4 Å². The summed E-state index contributed by atoms with van der Waals surface area (Å²) in [4.78, 5) is 12.0. The Kier molecular flexibility index (Phi) is 5.87. The molecule has 0 spiro atoms. The van der Waals surface area contributed by atoms with Gasteiger partial charge in [-0.15, -0.1) is 0 Å². The summed E-state index contributed by atoms with van der Waals surface area (Å²) in [6.07, 6.45) is 3.98. The maximum atomic E-state index is 12.0. The lowest BCUT2D eigenvalue weighted by molar-refractivity contribution is -0.116. The lowest BCUT2D eigenvalue weighted by atomic mass is 9.94. The Balaban J connectivity index is 1.81. The summed E-state index contributed by atoms with van der Waals surface area (Å²) in [7, 11) is 0. The van der Waals surface area contributed by atoms with Crippen LogP contribution in [-0.4, -0.2) is 25.6 Å². The predicted molar refractivity (Wildman–Crippen MR) is 81.1 cm³/mol. The first-order valence-electron chi connectivity index (χ1n) is 7.52. The van der Waals surface area contributed by atoms with Gasteiger partial charge < -0.3 is 15.4 Å². The molecule has 2 rings (SSSR count). The highest BCUT2D eigenvalue weighted by atomic mass is 16.5. The fraction of sp³-hybridized carbons (Fsp3) is 0.562. The molecule has 4 heteroatoms. The second-order valence-corrected chi connectivity index (χ2v) is 5.23. The van der Waals surface area contributed by atoms with E-state index in [1.54, 1.807) is 0 Å². The van der Waals surface area contributed by atoms with Crippen molar-refractivity contribution in [2.24, 2.45) is 5.92 Å². The molecule has 1 atom stereocenters. The van der Waals surface area contributed by atoms with Crippen molar-refractivity contribution >= 4 is 11.6 Å². The van der Waals surface area contributed by atoms with Crippen LogP contribution in [0, 0.1) is 5.92 Å². The van der Waals surface area contributed by atoms with Crippen molar-refractivity contribution in [2.75, 3.05) is 25.0 Å².